The van der Waals surface area contributed by atoms with Gasteiger partial charge in [0.25, 0.3) is 11.8 Å². The first kappa shape index (κ1) is 110. The second-order valence-corrected chi connectivity index (χ2v) is 34.5. The lowest BCUT2D eigenvalue weighted by atomic mass is 10.0. The molecule has 4 amide bonds. The molecule has 26 heteroatoms. The van der Waals surface area contributed by atoms with E-state index in [-0.39, 0.29) is 88.3 Å². The zero-order valence-corrected chi connectivity index (χ0v) is 74.9. The molecule has 1 aromatic rings. The van der Waals surface area contributed by atoms with Crippen molar-refractivity contribution in [1.29, 1.82) is 0 Å². The molecule has 116 heavy (non-hydrogen) atoms. The van der Waals surface area contributed by atoms with Gasteiger partial charge in [0.1, 0.15) is 12.2 Å². The van der Waals surface area contributed by atoms with E-state index in [4.69, 9.17) is 37.0 Å². The lowest BCUT2D eigenvalue weighted by Gasteiger charge is -2.23. The van der Waals surface area contributed by atoms with Crippen molar-refractivity contribution in [2.75, 3.05) is 65.9 Å². The van der Waals surface area contributed by atoms with Gasteiger partial charge < -0.3 is 60.2 Å². The quantitative estimate of drug-likeness (QED) is 0.0130. The molecule has 0 heterocycles. The van der Waals surface area contributed by atoms with E-state index in [0.717, 1.165) is 154 Å². The number of carbonyl (C=O) groups excluding carboxylic acids is 6. The monoisotopic (exact) mass is 1680 g/mol. The van der Waals surface area contributed by atoms with Gasteiger partial charge in [-0.25, -0.2) is 9.13 Å². The SMILES string of the molecule is CCCCCC/C=C/CCCC(=O)OC(CCCCCCCCCCC)CC(=O)NC(COCC[C@H](O)CCCCCCC)COP(=O)(O)OCCNC(=O)c1ccc(C(=O)NCCOP(=O)(O)OCC(COCC[C@H](O)CCCCCCC)NC(=O)CC(CCCCCCCCCCC)OC(=O)CCC/C=C/CCCCCC)cc1. The highest BCUT2D eigenvalue weighted by Gasteiger charge is 2.29. The summed E-state index contributed by atoms with van der Waals surface area (Å²) >= 11 is 0. The van der Waals surface area contributed by atoms with Crippen LogP contribution in [0.5, 0.6) is 0 Å². The van der Waals surface area contributed by atoms with Crippen LogP contribution < -0.4 is 21.3 Å². The molecule has 0 aromatic heterocycles. The number of esters is 2. The predicted octanol–water partition coefficient (Wildman–Crippen LogP) is 20.5. The number of aliphatic hydroxyl groups is 2. The summed E-state index contributed by atoms with van der Waals surface area (Å²) in [6.45, 7) is 10.8. The Kier molecular flexibility index (Phi) is 72.5. The number of hydrogen-bond donors (Lipinski definition) is 8. The molecule has 1 aromatic carbocycles. The molecule has 0 spiro atoms. The molecule has 674 valence electrons. The fourth-order valence-electron chi connectivity index (χ4n) is 13.3. The van der Waals surface area contributed by atoms with Crippen molar-refractivity contribution < 1.29 is 94.9 Å². The predicted molar refractivity (Wildman–Crippen MR) is 464 cm³/mol. The van der Waals surface area contributed by atoms with Gasteiger partial charge in [-0.05, 0) is 127 Å². The lowest BCUT2D eigenvalue weighted by Crippen LogP contribution is -2.43. The van der Waals surface area contributed by atoms with Crippen molar-refractivity contribution >= 4 is 51.2 Å². The Morgan fingerprint density at radius 1 is 0.353 bits per heavy atom. The number of unbranched alkanes of at least 4 members (excludes halogenated alkanes) is 34. The largest absolute Gasteiger partial charge is 0.472 e. The van der Waals surface area contributed by atoms with Crippen LogP contribution in [0.3, 0.4) is 0 Å². The van der Waals surface area contributed by atoms with E-state index in [1.807, 2.05) is 0 Å². The fraction of sp³-hybridized carbons (Fsp3) is 0.822. The number of hydrogen-bond acceptors (Lipinski definition) is 18. The summed E-state index contributed by atoms with van der Waals surface area (Å²) in [7, 11) is -9.57. The zero-order valence-electron chi connectivity index (χ0n) is 73.1. The van der Waals surface area contributed by atoms with E-state index in [1.165, 1.54) is 127 Å². The topological polar surface area (TPSA) is 339 Å². The van der Waals surface area contributed by atoms with Crippen molar-refractivity contribution in [2.24, 2.45) is 0 Å². The van der Waals surface area contributed by atoms with Crippen molar-refractivity contribution in [3.63, 3.8) is 0 Å². The first-order chi connectivity index (χ1) is 56.2. The van der Waals surface area contributed by atoms with Crippen LogP contribution in [-0.4, -0.2) is 158 Å². The number of aliphatic hydroxyl groups excluding tert-OH is 2. The van der Waals surface area contributed by atoms with Gasteiger partial charge in [0.05, 0.1) is 76.8 Å². The average Bonchev–Trinajstić information content (AvgIpc) is 0.867. The molecule has 24 nitrogen and oxygen atoms in total. The molecule has 0 aliphatic carbocycles. The summed E-state index contributed by atoms with van der Waals surface area (Å²) in [6.07, 6.45) is 53.9. The summed E-state index contributed by atoms with van der Waals surface area (Å²) in [4.78, 5) is 102. The van der Waals surface area contributed by atoms with Crippen molar-refractivity contribution in [3.05, 3.63) is 59.7 Å². The maximum Gasteiger partial charge on any atom is 0.472 e. The number of phosphoric acid groups is 2. The molecule has 0 radical (unpaired) electrons. The molecule has 8 atom stereocenters. The van der Waals surface area contributed by atoms with Gasteiger partial charge in [0.15, 0.2) is 0 Å². The molecular weight excluding hydrogens is 1520 g/mol. The van der Waals surface area contributed by atoms with Crippen LogP contribution in [0.4, 0.5) is 0 Å². The molecule has 0 aliphatic heterocycles. The van der Waals surface area contributed by atoms with Gasteiger partial charge in [-0.2, -0.15) is 0 Å². The second kappa shape index (κ2) is 76.7. The number of phosphoric ester groups is 2. The van der Waals surface area contributed by atoms with Gasteiger partial charge in [-0.3, -0.25) is 46.9 Å². The standard InChI is InChI=1S/C90H164N4O20P2/c1-7-13-19-25-29-33-37-43-49-55-83(113-87(99)57-51-45-39-35-31-27-21-15-9-3)71-85(97)93-79(73-107-67-63-81(95)53-47-41-23-17-11-5)75-111-115(103,104)109-69-65-91-89(101)77-59-61-78(62-60-77)90(102)92-66-70-110-116(105,106)112-76-80(74-108-68-64-82(96)54-48-42-24-18-12-6)94-86(98)72-84(56-50-44-38-34-30-26-20-14-8-2)114-88(100)58-52-46-40-36-32-28-22-16-10-4/h35-36,39-40,59-62,79-84,95-96H,7-34,37-38,41-58,63-76H2,1-6H3,(H,91,101)(H,92,102)(H,93,97)(H,94,98)(H,103,104)(H,105,106)/b39-35+,40-36+/t79?,80?,81-,82-,83?,84?/m1/s1. The van der Waals surface area contributed by atoms with Crippen LogP contribution in [0, 0.1) is 0 Å². The Morgan fingerprint density at radius 2 is 0.638 bits per heavy atom. The summed E-state index contributed by atoms with van der Waals surface area (Å²) < 4.78 is 71.5. The molecule has 0 saturated heterocycles. The zero-order chi connectivity index (χ0) is 85.1. The Balaban J connectivity index is 3.01. The second-order valence-electron chi connectivity index (χ2n) is 31.5. The number of ether oxygens (including phenoxy) is 4. The third-order valence-corrected chi connectivity index (χ3v) is 22.3. The minimum atomic E-state index is -4.79. The Hall–Kier alpha value is -4.42. The molecule has 6 unspecified atom stereocenters. The number of rotatable bonds is 84. The molecule has 0 fully saturated rings. The van der Waals surface area contributed by atoms with Crippen LogP contribution in [0.2, 0.25) is 0 Å². The number of nitrogens with one attached hydrogen (secondary N) is 4. The maximum absolute atomic E-state index is 13.8. The summed E-state index contributed by atoms with van der Waals surface area (Å²) in [5.41, 5.74) is 0.290. The van der Waals surface area contributed by atoms with Crippen LogP contribution in [-0.2, 0) is 65.4 Å². The van der Waals surface area contributed by atoms with Gasteiger partial charge >= 0.3 is 27.6 Å². The van der Waals surface area contributed by atoms with Gasteiger partial charge in [-0.15, -0.1) is 0 Å². The van der Waals surface area contributed by atoms with Gasteiger partial charge in [0, 0.05) is 50.3 Å². The summed E-state index contributed by atoms with van der Waals surface area (Å²) in [5.74, 6) is -2.85. The smallest absolute Gasteiger partial charge is 0.462 e. The Bertz CT molecular complexity index is 2550. The third kappa shape index (κ3) is 68.3. The van der Waals surface area contributed by atoms with E-state index in [9.17, 15) is 57.9 Å². The highest BCUT2D eigenvalue weighted by Crippen LogP contribution is 2.44. The molecule has 0 aliphatic rings. The lowest BCUT2D eigenvalue weighted by molar-refractivity contribution is -0.152. The van der Waals surface area contributed by atoms with Crippen molar-refractivity contribution in [1.82, 2.24) is 21.3 Å². The van der Waals surface area contributed by atoms with E-state index in [1.54, 1.807) is 0 Å². The summed E-state index contributed by atoms with van der Waals surface area (Å²) in [6, 6.07) is 3.68. The third-order valence-electron chi connectivity index (χ3n) is 20.4. The van der Waals surface area contributed by atoms with Gasteiger partial charge in [0.2, 0.25) is 11.8 Å². The van der Waals surface area contributed by atoms with E-state index in [0.29, 0.717) is 51.4 Å². The average molecular weight is 1680 g/mol. The first-order valence-corrected chi connectivity index (χ1v) is 48.9. The fourth-order valence-corrected chi connectivity index (χ4v) is 14.8. The van der Waals surface area contributed by atoms with Crippen LogP contribution in [0.1, 0.15) is 396 Å². The Morgan fingerprint density at radius 3 is 0.957 bits per heavy atom. The molecule has 0 saturated carbocycles. The highest BCUT2D eigenvalue weighted by atomic mass is 31.2. The normalized spacial score (nSPS) is 14.4. The molecule has 8 N–H and O–H groups in total. The number of amides is 4. The first-order valence-electron chi connectivity index (χ1n) is 45.9. The van der Waals surface area contributed by atoms with Crippen LogP contribution in [0.15, 0.2) is 48.6 Å². The van der Waals surface area contributed by atoms with Crippen LogP contribution in [0.25, 0.3) is 0 Å². The number of allylic oxidation sites excluding steroid dienone is 4. The molecule has 1 rings (SSSR count). The number of carbonyl (C=O) groups is 6. The van der Waals surface area contributed by atoms with E-state index in [2.05, 4.69) is 87.1 Å². The highest BCUT2D eigenvalue weighted by molar-refractivity contribution is 7.47. The molecular formula is C90H164N4O20P2. The molecule has 0 bridgehead atoms. The van der Waals surface area contributed by atoms with Gasteiger partial charge in [-0.1, -0.05) is 271 Å². The minimum absolute atomic E-state index is 0.129. The van der Waals surface area contributed by atoms with Crippen LogP contribution >= 0.6 is 15.6 Å². The maximum atomic E-state index is 13.8. The van der Waals surface area contributed by atoms with E-state index >= 15 is 0 Å². The summed E-state index contributed by atoms with van der Waals surface area (Å²) in [5, 5.41) is 32.2. The number of benzene rings is 1. The minimum Gasteiger partial charge on any atom is -0.462 e. The van der Waals surface area contributed by atoms with Crippen molar-refractivity contribution in [2.45, 2.75) is 412 Å². The van der Waals surface area contributed by atoms with Crippen molar-refractivity contribution in [3.8, 4) is 0 Å². The Labute approximate surface area is 701 Å². The van der Waals surface area contributed by atoms with E-state index < -0.39 is 102 Å².